The Morgan fingerprint density at radius 2 is 2.26 bits per heavy atom. The number of nitriles is 1. The maximum atomic E-state index is 9.21. The summed E-state index contributed by atoms with van der Waals surface area (Å²) in [6.07, 6.45) is 0.987. The second-order valence-electron chi connectivity index (χ2n) is 4.58. The molecule has 96 valence electrons. The average Bonchev–Trinajstić information content (AvgIpc) is 2.80. The van der Waals surface area contributed by atoms with Crippen molar-refractivity contribution >= 4 is 28.1 Å². The summed E-state index contributed by atoms with van der Waals surface area (Å²) in [5.41, 5.74) is 3.21. The van der Waals surface area contributed by atoms with Crippen LogP contribution in [-0.2, 0) is 6.42 Å². The van der Waals surface area contributed by atoms with Crippen molar-refractivity contribution in [1.82, 2.24) is 4.37 Å². The first-order valence-electron chi connectivity index (χ1n) is 6.12. The van der Waals surface area contributed by atoms with E-state index in [9.17, 15) is 5.26 Å². The highest BCUT2D eigenvalue weighted by Crippen LogP contribution is 2.39. The summed E-state index contributed by atoms with van der Waals surface area (Å²) in [5.74, 6) is 0. The molecule has 0 spiro atoms. The van der Waals surface area contributed by atoms with Crippen molar-refractivity contribution < 1.29 is 0 Å². The van der Waals surface area contributed by atoms with Gasteiger partial charge in [-0.15, -0.1) is 0 Å². The smallest absolute Gasteiger partial charge is 0.162 e. The molecule has 1 aliphatic heterocycles. The first kappa shape index (κ1) is 12.5. The highest BCUT2D eigenvalue weighted by molar-refractivity contribution is 7.10. The Labute approximate surface area is 121 Å². The van der Waals surface area contributed by atoms with Crippen LogP contribution in [0.15, 0.2) is 24.3 Å². The van der Waals surface area contributed by atoms with Gasteiger partial charge in [-0.1, -0.05) is 35.9 Å². The maximum absolute atomic E-state index is 9.21. The molecule has 1 atom stereocenters. The van der Waals surface area contributed by atoms with Crippen LogP contribution < -0.4 is 4.90 Å². The van der Waals surface area contributed by atoms with Crippen LogP contribution in [0.3, 0.4) is 0 Å². The summed E-state index contributed by atoms with van der Waals surface area (Å²) in [6, 6.07) is 10.9. The molecule has 0 radical (unpaired) electrons. The molecule has 1 aromatic carbocycles. The van der Waals surface area contributed by atoms with E-state index < -0.39 is 0 Å². The van der Waals surface area contributed by atoms with Gasteiger partial charge in [0.15, 0.2) is 5.15 Å². The van der Waals surface area contributed by atoms with Crippen molar-refractivity contribution in [2.75, 3.05) is 11.4 Å². The Hall–Kier alpha value is -1.57. The average molecular weight is 290 g/mol. The Kier molecular flexibility index (Phi) is 3.17. The lowest BCUT2D eigenvalue weighted by molar-refractivity contribution is 0.629. The van der Waals surface area contributed by atoms with E-state index in [1.54, 1.807) is 0 Å². The van der Waals surface area contributed by atoms with Gasteiger partial charge in [-0.2, -0.15) is 9.64 Å². The van der Waals surface area contributed by atoms with Crippen LogP contribution in [0.2, 0.25) is 5.15 Å². The molecule has 0 N–H and O–H groups in total. The lowest BCUT2D eigenvalue weighted by atomic mass is 9.94. The summed E-state index contributed by atoms with van der Waals surface area (Å²) in [5, 5.41) is 10.4. The number of halogens is 1. The highest BCUT2D eigenvalue weighted by Gasteiger charge is 2.27. The molecule has 0 amide bonds. The first-order valence-corrected chi connectivity index (χ1v) is 7.27. The van der Waals surface area contributed by atoms with Crippen molar-refractivity contribution in [2.24, 2.45) is 0 Å². The number of hydrogen-bond acceptors (Lipinski definition) is 4. The summed E-state index contributed by atoms with van der Waals surface area (Å²) >= 11 is 7.27. The third kappa shape index (κ3) is 1.99. The van der Waals surface area contributed by atoms with Crippen molar-refractivity contribution in [3.05, 3.63) is 46.1 Å². The van der Waals surface area contributed by atoms with Crippen LogP contribution in [0.25, 0.3) is 0 Å². The molecular weight excluding hydrogens is 278 g/mol. The van der Waals surface area contributed by atoms with Crippen molar-refractivity contribution in [3.63, 3.8) is 0 Å². The Balaban J connectivity index is 2.03. The molecule has 1 aliphatic rings. The van der Waals surface area contributed by atoms with E-state index in [4.69, 9.17) is 11.6 Å². The number of benzene rings is 1. The minimum Gasteiger partial charge on any atom is -0.354 e. The topological polar surface area (TPSA) is 39.9 Å². The molecular formula is C14H12ClN3S. The number of anilines is 1. The molecule has 5 heteroatoms. The number of hydrogen-bond donors (Lipinski definition) is 0. The van der Waals surface area contributed by atoms with E-state index >= 15 is 0 Å². The maximum Gasteiger partial charge on any atom is 0.162 e. The van der Waals surface area contributed by atoms with Crippen LogP contribution >= 0.6 is 23.1 Å². The molecule has 2 heterocycles. The van der Waals surface area contributed by atoms with E-state index in [0.29, 0.717) is 10.7 Å². The van der Waals surface area contributed by atoms with Gasteiger partial charge >= 0.3 is 0 Å². The largest absolute Gasteiger partial charge is 0.354 e. The fourth-order valence-corrected chi connectivity index (χ4v) is 3.74. The summed E-state index contributed by atoms with van der Waals surface area (Å²) in [6.45, 7) is 3.05. The Morgan fingerprint density at radius 1 is 1.47 bits per heavy atom. The van der Waals surface area contributed by atoms with Crippen LogP contribution in [0, 0.1) is 11.3 Å². The van der Waals surface area contributed by atoms with E-state index in [2.05, 4.69) is 46.5 Å². The third-order valence-corrected chi connectivity index (χ3v) is 4.86. The van der Waals surface area contributed by atoms with Gasteiger partial charge in [-0.3, -0.25) is 0 Å². The number of fused-ring (bicyclic) bond motifs is 1. The van der Waals surface area contributed by atoms with Crippen molar-refractivity contribution in [1.29, 1.82) is 5.26 Å². The normalized spacial score (nSPS) is 17.9. The first-order chi connectivity index (χ1) is 9.22. The molecule has 1 aromatic heterocycles. The van der Waals surface area contributed by atoms with E-state index in [0.717, 1.165) is 18.0 Å². The number of rotatable bonds is 1. The van der Waals surface area contributed by atoms with Gasteiger partial charge in [0.2, 0.25) is 0 Å². The second kappa shape index (κ2) is 4.84. The summed E-state index contributed by atoms with van der Waals surface area (Å²) in [4.78, 5) is 2.23. The SMILES string of the molecule is CC1c2ccccc2CCN1c1snc(Cl)c1C#N. The zero-order valence-corrected chi connectivity index (χ0v) is 12.0. The predicted molar refractivity (Wildman–Crippen MR) is 77.7 cm³/mol. The predicted octanol–water partition coefficient (Wildman–Crippen LogP) is 3.79. The monoisotopic (exact) mass is 289 g/mol. The molecule has 3 nitrogen and oxygen atoms in total. The van der Waals surface area contributed by atoms with Gasteiger partial charge < -0.3 is 4.90 Å². The van der Waals surface area contributed by atoms with E-state index in [-0.39, 0.29) is 6.04 Å². The summed E-state index contributed by atoms with van der Waals surface area (Å²) in [7, 11) is 0. The molecule has 0 fully saturated rings. The van der Waals surface area contributed by atoms with E-state index in [1.165, 1.54) is 22.7 Å². The van der Waals surface area contributed by atoms with Gasteiger partial charge in [0.05, 0.1) is 6.04 Å². The minimum absolute atomic E-state index is 0.244. The van der Waals surface area contributed by atoms with Crippen LogP contribution in [0.4, 0.5) is 5.00 Å². The molecule has 0 bridgehead atoms. The van der Waals surface area contributed by atoms with Crippen molar-refractivity contribution in [2.45, 2.75) is 19.4 Å². The molecule has 0 saturated carbocycles. The molecule has 0 aliphatic carbocycles. The molecule has 3 rings (SSSR count). The highest BCUT2D eigenvalue weighted by atomic mass is 35.5. The van der Waals surface area contributed by atoms with Crippen LogP contribution in [0.5, 0.6) is 0 Å². The quantitative estimate of drug-likeness (QED) is 0.802. The van der Waals surface area contributed by atoms with Gasteiger partial charge in [0.25, 0.3) is 0 Å². The Morgan fingerprint density at radius 3 is 3.05 bits per heavy atom. The lowest BCUT2D eigenvalue weighted by Gasteiger charge is -2.35. The molecule has 1 unspecified atom stereocenters. The van der Waals surface area contributed by atoms with Crippen LogP contribution in [-0.4, -0.2) is 10.9 Å². The molecule has 19 heavy (non-hydrogen) atoms. The lowest BCUT2D eigenvalue weighted by Crippen LogP contribution is -2.33. The standard InChI is InChI=1S/C14H12ClN3S/c1-9-11-5-3-2-4-10(11)6-7-18(9)14-12(8-16)13(15)17-19-14/h2-5,9H,6-7H2,1H3. The number of aromatic nitrogens is 1. The molecule has 0 saturated heterocycles. The summed E-state index contributed by atoms with van der Waals surface area (Å²) < 4.78 is 4.10. The fourth-order valence-electron chi connectivity index (χ4n) is 2.60. The van der Waals surface area contributed by atoms with Gasteiger partial charge in [-0.05, 0) is 36.0 Å². The third-order valence-electron chi connectivity index (χ3n) is 3.60. The zero-order valence-electron chi connectivity index (χ0n) is 10.4. The Bertz CT molecular complexity index is 659. The van der Waals surface area contributed by atoms with Crippen molar-refractivity contribution in [3.8, 4) is 6.07 Å². The van der Waals surface area contributed by atoms with Gasteiger partial charge in [-0.25, -0.2) is 0 Å². The number of nitrogens with zero attached hydrogens (tertiary/aromatic N) is 3. The second-order valence-corrected chi connectivity index (χ2v) is 5.69. The van der Waals surface area contributed by atoms with Gasteiger partial charge in [0, 0.05) is 6.54 Å². The van der Waals surface area contributed by atoms with Gasteiger partial charge in [0.1, 0.15) is 16.6 Å². The zero-order chi connectivity index (χ0) is 13.4. The minimum atomic E-state index is 0.244. The van der Waals surface area contributed by atoms with E-state index in [1.807, 2.05) is 0 Å². The van der Waals surface area contributed by atoms with Crippen LogP contribution in [0.1, 0.15) is 29.7 Å². The molecule has 2 aromatic rings. The fraction of sp³-hybridized carbons (Fsp3) is 0.286.